The molecule has 7 heteroatoms. The van der Waals surface area contributed by atoms with Gasteiger partial charge in [0.25, 0.3) is 0 Å². The largest absolute Gasteiger partial charge is 0.388 e. The summed E-state index contributed by atoms with van der Waals surface area (Å²) in [6.07, 6.45) is -1.62. The Morgan fingerprint density at radius 2 is 2.24 bits per heavy atom. The molecule has 1 aromatic rings. The van der Waals surface area contributed by atoms with E-state index in [0.29, 0.717) is 6.42 Å². The van der Waals surface area contributed by atoms with E-state index in [-0.39, 0.29) is 5.82 Å². The minimum absolute atomic E-state index is 0.103. The molecule has 0 spiro atoms. The number of ether oxygens (including phenoxy) is 1. The quantitative estimate of drug-likeness (QED) is 0.603. The average Bonchev–Trinajstić information content (AvgIpc) is 2.57. The second-order valence-corrected chi connectivity index (χ2v) is 4.00. The van der Waals surface area contributed by atoms with Gasteiger partial charge in [0.2, 0.25) is 0 Å². The van der Waals surface area contributed by atoms with Crippen molar-refractivity contribution in [3.63, 3.8) is 0 Å². The van der Waals surface area contributed by atoms with Crippen molar-refractivity contribution in [2.24, 2.45) is 0 Å². The molecule has 17 heavy (non-hydrogen) atoms. The van der Waals surface area contributed by atoms with Crippen LogP contribution in [0.3, 0.4) is 0 Å². The molecule has 0 aromatic carbocycles. The zero-order valence-corrected chi connectivity index (χ0v) is 9.35. The van der Waals surface area contributed by atoms with Crippen LogP contribution in [0.4, 0.5) is 5.82 Å². The molecule has 4 N–H and O–H groups in total. The first-order valence-corrected chi connectivity index (χ1v) is 5.41. The fraction of sp³-hybridized carbons (Fsp3) is 0.600. The number of nitrogen functional groups attached to an aromatic ring is 1. The van der Waals surface area contributed by atoms with E-state index in [4.69, 9.17) is 10.5 Å². The maximum atomic E-state index is 11.6. The van der Waals surface area contributed by atoms with Gasteiger partial charge in [0, 0.05) is 6.20 Å². The molecule has 0 amide bonds. The van der Waals surface area contributed by atoms with E-state index < -0.39 is 30.2 Å². The van der Waals surface area contributed by atoms with Gasteiger partial charge in [-0.15, -0.1) is 0 Å². The number of hydrogen-bond donors (Lipinski definition) is 3. The lowest BCUT2D eigenvalue weighted by Gasteiger charge is -2.16. The molecule has 1 aromatic heterocycles. The molecule has 0 bridgehead atoms. The van der Waals surface area contributed by atoms with Crippen LogP contribution in [-0.4, -0.2) is 38.1 Å². The highest BCUT2D eigenvalue weighted by Gasteiger charge is 2.43. The first-order chi connectivity index (χ1) is 8.04. The number of nitrogens with two attached hydrogens (primary N) is 1. The predicted octanol–water partition coefficient (Wildman–Crippen LogP) is -1.15. The zero-order valence-electron chi connectivity index (χ0n) is 9.35. The summed E-state index contributed by atoms with van der Waals surface area (Å²) in [5.74, 6) is 0.103. The summed E-state index contributed by atoms with van der Waals surface area (Å²) >= 11 is 0. The Morgan fingerprint density at radius 3 is 2.76 bits per heavy atom. The number of rotatable bonds is 2. The van der Waals surface area contributed by atoms with Crippen molar-refractivity contribution in [3.8, 4) is 0 Å². The lowest BCUT2D eigenvalue weighted by atomic mass is 10.1. The van der Waals surface area contributed by atoms with Crippen LogP contribution in [0.1, 0.15) is 19.6 Å². The van der Waals surface area contributed by atoms with Crippen molar-refractivity contribution >= 4 is 5.82 Å². The molecule has 1 fully saturated rings. The van der Waals surface area contributed by atoms with E-state index in [2.05, 4.69) is 4.98 Å². The van der Waals surface area contributed by atoms with Crippen LogP contribution in [0.2, 0.25) is 0 Å². The molecule has 4 atom stereocenters. The van der Waals surface area contributed by atoms with Crippen molar-refractivity contribution in [1.82, 2.24) is 9.55 Å². The fourth-order valence-electron chi connectivity index (χ4n) is 1.92. The molecule has 2 rings (SSSR count). The second kappa shape index (κ2) is 4.44. The third-order valence-electron chi connectivity index (χ3n) is 2.87. The summed E-state index contributed by atoms with van der Waals surface area (Å²) in [7, 11) is 0. The maximum Gasteiger partial charge on any atom is 0.351 e. The molecule has 1 saturated heterocycles. The van der Waals surface area contributed by atoms with Crippen LogP contribution >= 0.6 is 0 Å². The van der Waals surface area contributed by atoms with E-state index in [1.165, 1.54) is 12.3 Å². The predicted molar refractivity (Wildman–Crippen MR) is 59.1 cm³/mol. The summed E-state index contributed by atoms with van der Waals surface area (Å²) in [6, 6.07) is 1.43. The fourth-order valence-corrected chi connectivity index (χ4v) is 1.92. The van der Waals surface area contributed by atoms with E-state index in [0.717, 1.165) is 4.57 Å². The molecule has 1 aliphatic heterocycles. The van der Waals surface area contributed by atoms with Crippen LogP contribution in [0.15, 0.2) is 17.1 Å². The number of aromatic nitrogens is 2. The first kappa shape index (κ1) is 12.0. The normalized spacial score (nSPS) is 32.9. The molecule has 7 nitrogen and oxygen atoms in total. The standard InChI is InChI=1S/C10H15N3O4/c1-2-5-7(14)8(15)9(17-5)13-4-3-6(11)12-10(13)16/h3-5,7-9,14-15H,2H2,1H3,(H2,11,12,16)/t5-,7?,8+,9-/m1/s1. The maximum absolute atomic E-state index is 11.6. The number of hydrogen-bond acceptors (Lipinski definition) is 6. The Morgan fingerprint density at radius 1 is 1.53 bits per heavy atom. The lowest BCUT2D eigenvalue weighted by molar-refractivity contribution is -0.0403. The highest BCUT2D eigenvalue weighted by Crippen LogP contribution is 2.29. The molecule has 0 radical (unpaired) electrons. The van der Waals surface area contributed by atoms with Crippen molar-refractivity contribution < 1.29 is 14.9 Å². The number of anilines is 1. The molecule has 1 aliphatic rings. The molecule has 0 saturated carbocycles. The number of aliphatic hydroxyl groups excluding tert-OH is 2. The van der Waals surface area contributed by atoms with E-state index in [1.807, 2.05) is 6.92 Å². The van der Waals surface area contributed by atoms with Crippen LogP contribution in [0, 0.1) is 0 Å². The highest BCUT2D eigenvalue weighted by atomic mass is 16.6. The summed E-state index contributed by atoms with van der Waals surface area (Å²) in [5, 5.41) is 19.5. The monoisotopic (exact) mass is 241 g/mol. The van der Waals surface area contributed by atoms with Crippen LogP contribution in [0.5, 0.6) is 0 Å². The minimum atomic E-state index is -1.15. The topological polar surface area (TPSA) is 111 Å². The summed E-state index contributed by atoms with van der Waals surface area (Å²) in [5.41, 5.74) is 4.75. The Bertz CT molecular complexity index is 461. The molecular formula is C10H15N3O4. The third kappa shape index (κ3) is 2.04. The van der Waals surface area contributed by atoms with E-state index >= 15 is 0 Å². The van der Waals surface area contributed by atoms with Gasteiger partial charge in [-0.3, -0.25) is 4.57 Å². The Hall–Kier alpha value is -1.44. The van der Waals surface area contributed by atoms with Gasteiger partial charge in [-0.05, 0) is 12.5 Å². The van der Waals surface area contributed by atoms with Crippen LogP contribution in [-0.2, 0) is 4.74 Å². The Kier molecular flexibility index (Phi) is 3.14. The minimum Gasteiger partial charge on any atom is -0.388 e. The van der Waals surface area contributed by atoms with Gasteiger partial charge in [0.05, 0.1) is 6.10 Å². The summed E-state index contributed by atoms with van der Waals surface area (Å²) < 4.78 is 6.55. The van der Waals surface area contributed by atoms with Gasteiger partial charge in [-0.2, -0.15) is 4.98 Å². The van der Waals surface area contributed by atoms with Crippen molar-refractivity contribution in [3.05, 3.63) is 22.7 Å². The van der Waals surface area contributed by atoms with E-state index in [1.54, 1.807) is 0 Å². The SMILES string of the molecule is CC[C@H]1O[C@@H](n2ccc(N)nc2=O)[C@@H](O)C1O. The highest BCUT2D eigenvalue weighted by molar-refractivity contribution is 5.23. The molecular weight excluding hydrogens is 226 g/mol. The average molecular weight is 241 g/mol. The van der Waals surface area contributed by atoms with Crippen molar-refractivity contribution in [1.29, 1.82) is 0 Å². The molecule has 94 valence electrons. The van der Waals surface area contributed by atoms with Gasteiger partial charge in [-0.1, -0.05) is 6.92 Å². The van der Waals surface area contributed by atoms with Gasteiger partial charge in [0.15, 0.2) is 6.23 Å². The van der Waals surface area contributed by atoms with Gasteiger partial charge < -0.3 is 20.7 Å². The van der Waals surface area contributed by atoms with Crippen molar-refractivity contribution in [2.45, 2.75) is 37.9 Å². The Labute approximate surface area is 97.5 Å². The van der Waals surface area contributed by atoms with Gasteiger partial charge in [-0.25, -0.2) is 4.79 Å². The third-order valence-corrected chi connectivity index (χ3v) is 2.87. The van der Waals surface area contributed by atoms with E-state index in [9.17, 15) is 15.0 Å². The summed E-state index contributed by atoms with van der Waals surface area (Å²) in [4.78, 5) is 15.1. The lowest BCUT2D eigenvalue weighted by Crippen LogP contribution is -2.35. The first-order valence-electron chi connectivity index (χ1n) is 5.41. The van der Waals surface area contributed by atoms with Crippen LogP contribution in [0.25, 0.3) is 0 Å². The molecule has 0 aliphatic carbocycles. The smallest absolute Gasteiger partial charge is 0.351 e. The number of nitrogens with zero attached hydrogens (tertiary/aromatic N) is 2. The van der Waals surface area contributed by atoms with Gasteiger partial charge in [0.1, 0.15) is 18.0 Å². The number of aliphatic hydroxyl groups is 2. The zero-order chi connectivity index (χ0) is 12.6. The van der Waals surface area contributed by atoms with Gasteiger partial charge >= 0.3 is 5.69 Å². The molecule has 2 heterocycles. The summed E-state index contributed by atoms with van der Waals surface area (Å²) in [6.45, 7) is 1.83. The second-order valence-electron chi connectivity index (χ2n) is 4.00. The van der Waals surface area contributed by atoms with Crippen LogP contribution < -0.4 is 11.4 Å². The molecule has 1 unspecified atom stereocenters. The Balaban J connectivity index is 2.32. The van der Waals surface area contributed by atoms with Crippen molar-refractivity contribution in [2.75, 3.05) is 5.73 Å².